The molecule has 0 unspecified atom stereocenters. The van der Waals surface area contributed by atoms with Gasteiger partial charge in [-0.3, -0.25) is 4.90 Å². The Hall–Kier alpha value is -2.50. The zero-order valence-electron chi connectivity index (χ0n) is 15.7. The molecule has 1 saturated heterocycles. The van der Waals surface area contributed by atoms with Crippen molar-refractivity contribution in [1.82, 2.24) is 4.90 Å². The highest BCUT2D eigenvalue weighted by Gasteiger charge is 2.41. The molecule has 3 rings (SSSR count). The lowest BCUT2D eigenvalue weighted by Crippen LogP contribution is -2.31. The molecule has 0 N–H and O–H groups in total. The van der Waals surface area contributed by atoms with Crippen molar-refractivity contribution >= 4 is 6.09 Å². The lowest BCUT2D eigenvalue weighted by atomic mass is 9.97. The van der Waals surface area contributed by atoms with Crippen molar-refractivity contribution in [2.24, 2.45) is 0 Å². The van der Waals surface area contributed by atoms with Crippen molar-refractivity contribution in [3.63, 3.8) is 0 Å². The number of rotatable bonds is 3. The van der Waals surface area contributed by atoms with E-state index < -0.39 is 23.9 Å². The molecule has 0 spiro atoms. The van der Waals surface area contributed by atoms with Crippen LogP contribution in [-0.2, 0) is 17.5 Å². The monoisotopic (exact) mass is 377 g/mol. The number of alkyl halides is 3. The summed E-state index contributed by atoms with van der Waals surface area (Å²) in [6.07, 6.45) is -5.68. The van der Waals surface area contributed by atoms with E-state index in [1.54, 1.807) is 24.8 Å². The lowest BCUT2D eigenvalue weighted by Gasteiger charge is -2.22. The van der Waals surface area contributed by atoms with Crippen LogP contribution in [-0.4, -0.2) is 17.0 Å². The molecule has 1 amide bonds. The van der Waals surface area contributed by atoms with Crippen LogP contribution in [0.5, 0.6) is 0 Å². The SMILES string of the molecule is Cc1cc([C@H]2OC(=O)N(Cc3cc(C)ccc3C)[C@H]2C)cc(C(F)(F)F)c1. The Kier molecular flexibility index (Phi) is 4.93. The van der Waals surface area contributed by atoms with Crippen LogP contribution in [0.4, 0.5) is 18.0 Å². The summed E-state index contributed by atoms with van der Waals surface area (Å²) in [5.41, 5.74) is 3.26. The Morgan fingerprint density at radius 3 is 2.41 bits per heavy atom. The van der Waals surface area contributed by atoms with E-state index in [1.807, 2.05) is 32.0 Å². The van der Waals surface area contributed by atoms with Crippen molar-refractivity contribution in [2.75, 3.05) is 0 Å². The second kappa shape index (κ2) is 6.91. The van der Waals surface area contributed by atoms with Gasteiger partial charge in [0.2, 0.25) is 0 Å². The molecule has 1 aliphatic rings. The number of carbonyl (C=O) groups is 1. The van der Waals surface area contributed by atoms with Gasteiger partial charge in [-0.15, -0.1) is 0 Å². The molecule has 1 aliphatic heterocycles. The van der Waals surface area contributed by atoms with E-state index in [-0.39, 0.29) is 6.04 Å². The van der Waals surface area contributed by atoms with Crippen LogP contribution in [0.25, 0.3) is 0 Å². The van der Waals surface area contributed by atoms with Gasteiger partial charge in [-0.05, 0) is 56.5 Å². The number of hydrogen-bond donors (Lipinski definition) is 0. The van der Waals surface area contributed by atoms with Crippen LogP contribution in [0.3, 0.4) is 0 Å². The summed E-state index contributed by atoms with van der Waals surface area (Å²) in [6.45, 7) is 7.71. The Bertz CT molecular complexity index is 876. The van der Waals surface area contributed by atoms with Crippen molar-refractivity contribution < 1.29 is 22.7 Å². The summed E-state index contributed by atoms with van der Waals surface area (Å²) in [6, 6.07) is 9.44. The second-order valence-electron chi connectivity index (χ2n) is 7.23. The van der Waals surface area contributed by atoms with Crippen LogP contribution < -0.4 is 0 Å². The molecule has 3 nitrogen and oxygen atoms in total. The fourth-order valence-corrected chi connectivity index (χ4v) is 3.45. The fraction of sp³-hybridized carbons (Fsp3) is 0.381. The van der Waals surface area contributed by atoms with Crippen molar-refractivity contribution in [2.45, 2.75) is 52.6 Å². The highest BCUT2D eigenvalue weighted by atomic mass is 19.4. The number of carbonyl (C=O) groups excluding carboxylic acids is 1. The van der Waals surface area contributed by atoms with E-state index in [0.29, 0.717) is 17.7 Å². The number of nitrogens with zero attached hydrogens (tertiary/aromatic N) is 1. The summed E-state index contributed by atoms with van der Waals surface area (Å²) in [4.78, 5) is 14.0. The maximum Gasteiger partial charge on any atom is 0.416 e. The molecule has 27 heavy (non-hydrogen) atoms. The van der Waals surface area contributed by atoms with Crippen LogP contribution >= 0.6 is 0 Å². The maximum atomic E-state index is 13.1. The first-order valence-corrected chi connectivity index (χ1v) is 8.78. The Morgan fingerprint density at radius 1 is 1.04 bits per heavy atom. The number of amides is 1. The molecule has 2 aromatic carbocycles. The summed E-state index contributed by atoms with van der Waals surface area (Å²) in [5, 5.41) is 0. The van der Waals surface area contributed by atoms with E-state index in [4.69, 9.17) is 4.74 Å². The smallest absolute Gasteiger partial charge is 0.416 e. The summed E-state index contributed by atoms with van der Waals surface area (Å²) in [7, 11) is 0. The molecule has 0 radical (unpaired) electrons. The van der Waals surface area contributed by atoms with Gasteiger partial charge < -0.3 is 4.74 Å². The third-order valence-electron chi connectivity index (χ3n) is 4.99. The molecular weight excluding hydrogens is 355 g/mol. The van der Waals surface area contributed by atoms with Gasteiger partial charge in [-0.2, -0.15) is 13.2 Å². The second-order valence-corrected chi connectivity index (χ2v) is 7.23. The molecule has 144 valence electrons. The first-order valence-electron chi connectivity index (χ1n) is 8.78. The number of ether oxygens (including phenoxy) is 1. The summed E-state index contributed by atoms with van der Waals surface area (Å²) >= 11 is 0. The number of hydrogen-bond acceptors (Lipinski definition) is 2. The van der Waals surface area contributed by atoms with Gasteiger partial charge in [0.25, 0.3) is 0 Å². The lowest BCUT2D eigenvalue weighted by molar-refractivity contribution is -0.137. The molecule has 2 aromatic rings. The number of cyclic esters (lactones) is 1. The number of aryl methyl sites for hydroxylation is 3. The average molecular weight is 377 g/mol. The van der Waals surface area contributed by atoms with Gasteiger partial charge >= 0.3 is 12.3 Å². The third kappa shape index (κ3) is 3.94. The number of halogens is 3. The summed E-state index contributed by atoms with van der Waals surface area (Å²) in [5.74, 6) is 0. The zero-order chi connectivity index (χ0) is 19.9. The van der Waals surface area contributed by atoms with Crippen molar-refractivity contribution in [1.29, 1.82) is 0 Å². The molecule has 0 bridgehead atoms. The van der Waals surface area contributed by atoms with Crippen molar-refractivity contribution in [3.8, 4) is 0 Å². The molecule has 6 heteroatoms. The van der Waals surface area contributed by atoms with Gasteiger partial charge in [0.15, 0.2) is 0 Å². The topological polar surface area (TPSA) is 29.5 Å². The predicted octanol–water partition coefficient (Wildman–Crippen LogP) is 5.71. The minimum atomic E-state index is -4.44. The third-order valence-corrected chi connectivity index (χ3v) is 4.99. The average Bonchev–Trinajstić information content (AvgIpc) is 2.85. The molecule has 0 aromatic heterocycles. The van der Waals surface area contributed by atoms with E-state index in [9.17, 15) is 18.0 Å². The van der Waals surface area contributed by atoms with Gasteiger partial charge in [-0.1, -0.05) is 35.4 Å². The van der Waals surface area contributed by atoms with Gasteiger partial charge in [-0.25, -0.2) is 4.79 Å². The fourth-order valence-electron chi connectivity index (χ4n) is 3.45. The first-order chi connectivity index (χ1) is 12.6. The highest BCUT2D eigenvalue weighted by molar-refractivity contribution is 5.71. The van der Waals surface area contributed by atoms with Crippen molar-refractivity contribution in [3.05, 3.63) is 69.8 Å². The first kappa shape index (κ1) is 19.3. The molecule has 1 heterocycles. The quantitative estimate of drug-likeness (QED) is 0.685. The van der Waals surface area contributed by atoms with Gasteiger partial charge in [0.1, 0.15) is 6.10 Å². The van der Waals surface area contributed by atoms with Gasteiger partial charge in [0, 0.05) is 6.54 Å². The molecule has 0 saturated carbocycles. The van der Waals surface area contributed by atoms with E-state index in [2.05, 4.69) is 0 Å². The minimum Gasteiger partial charge on any atom is -0.439 e. The van der Waals surface area contributed by atoms with Crippen LogP contribution in [0.2, 0.25) is 0 Å². The summed E-state index contributed by atoms with van der Waals surface area (Å²) < 4.78 is 44.9. The predicted molar refractivity (Wildman–Crippen MR) is 96.3 cm³/mol. The molecule has 1 fully saturated rings. The normalized spacial score (nSPS) is 20.1. The molecule has 0 aliphatic carbocycles. The minimum absolute atomic E-state index is 0.363. The Morgan fingerprint density at radius 2 is 1.74 bits per heavy atom. The van der Waals surface area contributed by atoms with Crippen LogP contribution in [0.1, 0.15) is 46.4 Å². The maximum absolute atomic E-state index is 13.1. The van der Waals surface area contributed by atoms with Gasteiger partial charge in [0.05, 0.1) is 11.6 Å². The Labute approximate surface area is 156 Å². The standard InChI is InChI=1S/C21H22F3NO2/c1-12-5-6-14(3)17(7-12)11-25-15(4)19(27-20(25)26)16-8-13(2)9-18(10-16)21(22,23)24/h5-10,15,19H,11H2,1-4H3/t15-,19-/m0/s1. The molecular formula is C21H22F3NO2. The largest absolute Gasteiger partial charge is 0.439 e. The highest BCUT2D eigenvalue weighted by Crippen LogP contribution is 2.37. The zero-order valence-corrected chi connectivity index (χ0v) is 15.7. The Balaban J connectivity index is 1.89. The number of benzene rings is 2. The van der Waals surface area contributed by atoms with E-state index in [0.717, 1.165) is 28.8 Å². The van der Waals surface area contributed by atoms with E-state index >= 15 is 0 Å². The van der Waals surface area contributed by atoms with E-state index in [1.165, 1.54) is 0 Å². The van der Waals surface area contributed by atoms with Crippen LogP contribution in [0.15, 0.2) is 36.4 Å². The van der Waals surface area contributed by atoms with Crippen LogP contribution in [0, 0.1) is 20.8 Å². The molecule has 2 atom stereocenters.